The SMILES string of the molecule is Cc1ncnc(C(=O)N2CCC3(CC2)OCCc2c3c(=O)n3nc(Br)nc3n2CC(=O)Nc2ccc(C(F)(F)F)cc2Cl)c1OCc1ccccc1. The van der Waals surface area contributed by atoms with E-state index in [4.69, 9.17) is 21.1 Å². The van der Waals surface area contributed by atoms with E-state index in [9.17, 15) is 27.6 Å². The van der Waals surface area contributed by atoms with Gasteiger partial charge in [0.2, 0.25) is 16.4 Å². The molecule has 0 radical (unpaired) electrons. The Morgan fingerprint density at radius 1 is 1.12 bits per heavy atom. The smallest absolute Gasteiger partial charge is 0.416 e. The minimum atomic E-state index is -4.61. The monoisotopic (exact) mass is 800 g/mol. The van der Waals surface area contributed by atoms with Gasteiger partial charge in [0.05, 0.1) is 34.1 Å². The minimum Gasteiger partial charge on any atom is -0.485 e. The lowest BCUT2D eigenvalue weighted by molar-refractivity contribution is -0.137. The topological polar surface area (TPSA) is 146 Å². The van der Waals surface area contributed by atoms with E-state index in [1.165, 1.54) is 6.33 Å². The van der Waals surface area contributed by atoms with Crippen molar-refractivity contribution in [1.82, 2.24) is 34.0 Å². The van der Waals surface area contributed by atoms with Gasteiger partial charge in [-0.1, -0.05) is 41.9 Å². The van der Waals surface area contributed by atoms with Gasteiger partial charge < -0.3 is 24.3 Å². The van der Waals surface area contributed by atoms with Gasteiger partial charge in [0.25, 0.3) is 11.5 Å². The molecule has 18 heteroatoms. The zero-order valence-corrected chi connectivity index (χ0v) is 29.8. The van der Waals surface area contributed by atoms with E-state index in [-0.39, 0.29) is 90.7 Å². The Bertz CT molecular complexity index is 2260. The molecule has 0 unspecified atom stereocenters. The molecule has 2 aromatic carbocycles. The molecule has 0 saturated carbocycles. The summed E-state index contributed by atoms with van der Waals surface area (Å²) in [5.74, 6) is -0.615. The van der Waals surface area contributed by atoms with Gasteiger partial charge >= 0.3 is 6.18 Å². The number of nitrogens with zero attached hydrogens (tertiary/aromatic N) is 7. The first kappa shape index (κ1) is 35.5. The number of halogens is 5. The van der Waals surface area contributed by atoms with Crippen molar-refractivity contribution in [2.75, 3.05) is 25.0 Å². The molecule has 3 aromatic heterocycles. The highest BCUT2D eigenvalue weighted by Crippen LogP contribution is 2.41. The van der Waals surface area contributed by atoms with Crippen LogP contribution in [-0.2, 0) is 40.9 Å². The predicted molar refractivity (Wildman–Crippen MR) is 184 cm³/mol. The Morgan fingerprint density at radius 2 is 1.87 bits per heavy atom. The molecule has 0 atom stereocenters. The summed E-state index contributed by atoms with van der Waals surface area (Å²) in [5.41, 5.74) is -0.219. The van der Waals surface area contributed by atoms with Gasteiger partial charge in [-0.05, 0) is 59.5 Å². The highest BCUT2D eigenvalue weighted by atomic mass is 79.9. The van der Waals surface area contributed by atoms with Crippen LogP contribution in [0.1, 0.15) is 51.4 Å². The summed E-state index contributed by atoms with van der Waals surface area (Å²) in [5, 5.41) is 6.49. The van der Waals surface area contributed by atoms with E-state index in [0.717, 1.165) is 28.3 Å². The van der Waals surface area contributed by atoms with E-state index in [1.54, 1.807) is 16.4 Å². The maximum absolute atomic E-state index is 14.1. The number of hydrogen-bond acceptors (Lipinski definition) is 9. The van der Waals surface area contributed by atoms with E-state index in [2.05, 4.69) is 41.3 Å². The van der Waals surface area contributed by atoms with Crippen molar-refractivity contribution >= 4 is 50.8 Å². The summed E-state index contributed by atoms with van der Waals surface area (Å²) >= 11 is 9.31. The molecule has 7 rings (SSSR count). The Morgan fingerprint density at radius 3 is 2.58 bits per heavy atom. The lowest BCUT2D eigenvalue weighted by Gasteiger charge is -2.44. The molecule has 1 fully saturated rings. The maximum atomic E-state index is 14.1. The van der Waals surface area contributed by atoms with Crippen LogP contribution in [0.4, 0.5) is 18.9 Å². The largest absolute Gasteiger partial charge is 0.485 e. The second kappa shape index (κ2) is 13.9. The summed E-state index contributed by atoms with van der Waals surface area (Å²) in [6, 6.07) is 12.1. The molecule has 1 spiro atoms. The number of nitrogens with one attached hydrogen (secondary N) is 1. The third kappa shape index (κ3) is 6.75. The molecule has 2 amide bonds. The highest BCUT2D eigenvalue weighted by Gasteiger charge is 2.46. The minimum absolute atomic E-state index is 0.0161. The third-order valence-electron chi connectivity index (χ3n) is 9.14. The Balaban J connectivity index is 1.15. The first-order valence-electron chi connectivity index (χ1n) is 16.1. The van der Waals surface area contributed by atoms with Gasteiger partial charge in [0, 0.05) is 25.2 Å². The van der Waals surface area contributed by atoms with Crippen molar-refractivity contribution in [3.05, 3.63) is 109 Å². The van der Waals surface area contributed by atoms with Crippen LogP contribution in [0.15, 0.2) is 64.4 Å². The molecule has 0 bridgehead atoms. The van der Waals surface area contributed by atoms with Gasteiger partial charge in [-0.25, -0.2) is 9.97 Å². The van der Waals surface area contributed by atoms with Crippen LogP contribution in [0.3, 0.4) is 0 Å². The molecular weight excluding hydrogens is 773 g/mol. The first-order chi connectivity index (χ1) is 24.8. The van der Waals surface area contributed by atoms with Gasteiger partial charge in [-0.15, -0.1) is 5.10 Å². The Hall–Kier alpha value is -4.87. The molecule has 2 aliphatic heterocycles. The summed E-state index contributed by atoms with van der Waals surface area (Å²) in [4.78, 5) is 55.8. The van der Waals surface area contributed by atoms with Gasteiger partial charge in [-0.2, -0.15) is 22.7 Å². The van der Waals surface area contributed by atoms with Crippen molar-refractivity contribution in [3.63, 3.8) is 0 Å². The average molecular weight is 802 g/mol. The number of carbonyl (C=O) groups excluding carboxylic acids is 2. The molecule has 5 heterocycles. The van der Waals surface area contributed by atoms with E-state index in [1.807, 2.05) is 30.3 Å². The molecule has 5 aromatic rings. The number of aromatic nitrogens is 6. The van der Waals surface area contributed by atoms with E-state index < -0.39 is 28.8 Å². The lowest BCUT2D eigenvalue weighted by atomic mass is 9.81. The number of piperidine rings is 1. The van der Waals surface area contributed by atoms with Crippen molar-refractivity contribution in [2.24, 2.45) is 0 Å². The number of fused-ring (bicyclic) bond motifs is 3. The van der Waals surface area contributed by atoms with Gasteiger partial charge in [-0.3, -0.25) is 14.4 Å². The van der Waals surface area contributed by atoms with Gasteiger partial charge in [0.15, 0.2) is 11.4 Å². The fourth-order valence-corrected chi connectivity index (χ4v) is 7.18. The maximum Gasteiger partial charge on any atom is 0.416 e. The van der Waals surface area contributed by atoms with Crippen LogP contribution in [0.5, 0.6) is 5.75 Å². The van der Waals surface area contributed by atoms with Crippen LogP contribution in [-0.4, -0.2) is 65.5 Å². The Labute approximate surface area is 306 Å². The fourth-order valence-electron chi connectivity index (χ4n) is 6.63. The lowest BCUT2D eigenvalue weighted by Crippen LogP contribution is -2.52. The Kier molecular flexibility index (Phi) is 9.52. The summed E-state index contributed by atoms with van der Waals surface area (Å²) in [7, 11) is 0. The number of hydrogen-bond donors (Lipinski definition) is 1. The standard InChI is InChI=1S/C34H29BrClF3N8O5/c1-19-28(51-17-20-5-3-2-4-6-20)27(41-18-40-19)30(50)45-12-10-33(11-13-45)26-24(9-14-52-33)46(32-43-31(35)44-47(32)29(26)49)16-25(48)42-23-8-7-21(15-22(23)36)34(37,38)39/h2-8,15,18H,9-14,16-17H2,1H3,(H,42,48). The number of ether oxygens (including phenoxy) is 2. The first-order valence-corrected chi connectivity index (χ1v) is 17.3. The predicted octanol–water partition coefficient (Wildman–Crippen LogP) is 5.35. The highest BCUT2D eigenvalue weighted by molar-refractivity contribution is 9.10. The number of carbonyl (C=O) groups is 2. The van der Waals surface area contributed by atoms with Crippen LogP contribution < -0.4 is 15.6 Å². The number of benzene rings is 2. The van der Waals surface area contributed by atoms with Crippen LogP contribution in [0.25, 0.3) is 5.78 Å². The number of rotatable bonds is 7. The third-order valence-corrected chi connectivity index (χ3v) is 9.79. The second-order valence-corrected chi connectivity index (χ2v) is 13.5. The molecule has 13 nitrogen and oxygen atoms in total. The summed E-state index contributed by atoms with van der Waals surface area (Å²) in [6.45, 7) is 2.23. The van der Waals surface area contributed by atoms with E-state index >= 15 is 0 Å². The number of likely N-dealkylation sites (tertiary alicyclic amines) is 1. The van der Waals surface area contributed by atoms with Crippen molar-refractivity contribution in [3.8, 4) is 5.75 Å². The zero-order valence-electron chi connectivity index (χ0n) is 27.4. The van der Waals surface area contributed by atoms with Crippen LogP contribution >= 0.6 is 27.5 Å². The molecule has 2 aliphatic rings. The van der Waals surface area contributed by atoms with Crippen molar-refractivity contribution in [2.45, 2.75) is 51.1 Å². The summed E-state index contributed by atoms with van der Waals surface area (Å²) in [6.07, 6.45) is -2.54. The van der Waals surface area contributed by atoms with E-state index in [0.29, 0.717) is 17.0 Å². The number of anilines is 1. The molecule has 1 N–H and O–H groups in total. The molecule has 1 saturated heterocycles. The van der Waals surface area contributed by atoms with Crippen molar-refractivity contribution < 1.29 is 32.2 Å². The normalized spacial score (nSPS) is 15.5. The molecule has 0 aliphatic carbocycles. The number of alkyl halides is 3. The van der Waals surface area contributed by atoms with Crippen LogP contribution in [0.2, 0.25) is 5.02 Å². The fraction of sp³-hybridized carbons (Fsp3) is 0.324. The van der Waals surface area contributed by atoms with Crippen LogP contribution in [0, 0.1) is 6.92 Å². The quantitative estimate of drug-likeness (QED) is 0.230. The average Bonchev–Trinajstić information content (AvgIpc) is 3.52. The van der Waals surface area contributed by atoms with Gasteiger partial charge in [0.1, 0.15) is 25.1 Å². The number of amides is 2. The zero-order chi connectivity index (χ0) is 36.8. The summed E-state index contributed by atoms with van der Waals surface area (Å²) < 4.78 is 54.6. The molecule has 270 valence electrons. The van der Waals surface area contributed by atoms with Crippen molar-refractivity contribution in [1.29, 1.82) is 0 Å². The molecule has 52 heavy (non-hydrogen) atoms. The second-order valence-electron chi connectivity index (χ2n) is 12.3. The molecular formula is C34H29BrClF3N8O5. The number of aryl methyl sites for hydroxylation is 1.